The lowest BCUT2D eigenvalue weighted by atomic mass is 10.2. The Bertz CT molecular complexity index is 1150. The first-order chi connectivity index (χ1) is 18.2. The number of aryl methyl sites for hydroxylation is 1. The highest BCUT2D eigenvalue weighted by Gasteiger charge is 2.37. The normalized spacial score (nSPS) is 14.8. The van der Waals surface area contributed by atoms with E-state index in [1.807, 2.05) is 112 Å². The molecule has 6 nitrogen and oxygen atoms in total. The van der Waals surface area contributed by atoms with E-state index < -0.39 is 34.9 Å². The molecular formula is C30H38NO5PS. The molecule has 0 amide bonds. The van der Waals surface area contributed by atoms with Gasteiger partial charge in [-0.05, 0) is 50.3 Å². The molecule has 0 heterocycles. The van der Waals surface area contributed by atoms with Gasteiger partial charge in [0.15, 0.2) is 0 Å². The molecule has 3 aromatic carbocycles. The summed E-state index contributed by atoms with van der Waals surface area (Å²) in [5, 5.41) is 0. The molecule has 38 heavy (non-hydrogen) atoms. The maximum absolute atomic E-state index is 14.5. The molecular weight excluding hydrogens is 517 g/mol. The van der Waals surface area contributed by atoms with E-state index in [4.69, 9.17) is 9.26 Å². The Morgan fingerprint density at radius 2 is 1.34 bits per heavy atom. The SMILES string of the molecule is CC(C)(C)[S@@](=O)N[C@H](CCC(=O)OCc1ccccc1)P(=O)(CCc1ccccc1)OCc1ccccc1. The highest BCUT2D eigenvalue weighted by molar-refractivity contribution is 7.84. The second kappa shape index (κ2) is 14.5. The number of carbonyl (C=O) groups is 1. The first kappa shape index (κ1) is 30.0. The largest absolute Gasteiger partial charge is 0.461 e. The van der Waals surface area contributed by atoms with Crippen LogP contribution >= 0.6 is 7.37 Å². The molecule has 0 saturated carbocycles. The summed E-state index contributed by atoms with van der Waals surface area (Å²) < 4.78 is 41.8. The first-order valence-corrected chi connectivity index (χ1v) is 15.9. The number of hydrogen-bond acceptors (Lipinski definition) is 5. The molecule has 204 valence electrons. The predicted molar refractivity (Wildman–Crippen MR) is 154 cm³/mol. The van der Waals surface area contributed by atoms with Gasteiger partial charge < -0.3 is 9.26 Å². The van der Waals surface area contributed by atoms with Gasteiger partial charge in [0.05, 0.1) is 28.1 Å². The van der Waals surface area contributed by atoms with Crippen molar-refractivity contribution in [2.24, 2.45) is 0 Å². The third-order valence-electron chi connectivity index (χ3n) is 5.99. The Hall–Kier alpha value is -2.57. The molecule has 0 saturated heterocycles. The molecule has 0 bridgehead atoms. The number of carbonyl (C=O) groups excluding carboxylic acids is 1. The van der Waals surface area contributed by atoms with Crippen LogP contribution in [0.1, 0.15) is 50.3 Å². The van der Waals surface area contributed by atoms with E-state index >= 15 is 0 Å². The molecule has 8 heteroatoms. The Kier molecular flexibility index (Phi) is 11.5. The average Bonchev–Trinajstić information content (AvgIpc) is 2.93. The van der Waals surface area contributed by atoms with Crippen molar-refractivity contribution < 1.29 is 22.8 Å². The van der Waals surface area contributed by atoms with Crippen molar-refractivity contribution >= 4 is 24.3 Å². The molecule has 1 unspecified atom stereocenters. The van der Waals surface area contributed by atoms with Gasteiger partial charge in [0, 0.05) is 12.6 Å². The fourth-order valence-electron chi connectivity index (χ4n) is 3.70. The molecule has 0 spiro atoms. The van der Waals surface area contributed by atoms with Crippen molar-refractivity contribution in [2.45, 2.75) is 63.8 Å². The predicted octanol–water partition coefficient (Wildman–Crippen LogP) is 6.63. The van der Waals surface area contributed by atoms with Crippen molar-refractivity contribution in [3.8, 4) is 0 Å². The van der Waals surface area contributed by atoms with Crippen molar-refractivity contribution in [1.29, 1.82) is 0 Å². The minimum absolute atomic E-state index is 0.0237. The lowest BCUT2D eigenvalue weighted by Gasteiger charge is -2.30. The van der Waals surface area contributed by atoms with Crippen LogP contribution in [0.4, 0.5) is 0 Å². The lowest BCUT2D eigenvalue weighted by molar-refractivity contribution is -0.145. The quantitative estimate of drug-likeness (QED) is 0.178. The third kappa shape index (κ3) is 9.95. The van der Waals surface area contributed by atoms with Crippen LogP contribution in [0.2, 0.25) is 0 Å². The van der Waals surface area contributed by atoms with Crippen LogP contribution in [-0.2, 0) is 49.2 Å². The van der Waals surface area contributed by atoms with Gasteiger partial charge in [-0.3, -0.25) is 9.36 Å². The number of ether oxygens (including phenoxy) is 1. The monoisotopic (exact) mass is 555 g/mol. The molecule has 0 aliphatic carbocycles. The zero-order valence-electron chi connectivity index (χ0n) is 22.4. The van der Waals surface area contributed by atoms with Crippen molar-refractivity contribution in [2.75, 3.05) is 6.16 Å². The molecule has 1 N–H and O–H groups in total. The fraction of sp³-hybridized carbons (Fsp3) is 0.367. The standard InChI is InChI=1S/C30H38NO5PS/c1-30(2,3)38(34)31-28(19-20-29(32)35-23-26-15-9-5-10-16-26)37(33,22-21-25-13-7-4-8-14-25)36-24-27-17-11-6-12-18-27/h4-18,28,31H,19-24H2,1-3H3/t28-,37?,38+/m0/s1. The van der Waals surface area contributed by atoms with E-state index in [0.29, 0.717) is 6.42 Å². The van der Waals surface area contributed by atoms with Gasteiger partial charge in [-0.15, -0.1) is 0 Å². The highest BCUT2D eigenvalue weighted by Crippen LogP contribution is 2.54. The number of rotatable bonds is 14. The van der Waals surface area contributed by atoms with Crippen molar-refractivity contribution in [3.05, 3.63) is 108 Å². The zero-order valence-corrected chi connectivity index (χ0v) is 24.1. The van der Waals surface area contributed by atoms with E-state index in [-0.39, 0.29) is 32.2 Å². The molecule has 0 aliphatic rings. The number of esters is 1. The van der Waals surface area contributed by atoms with Crippen LogP contribution < -0.4 is 4.72 Å². The molecule has 0 radical (unpaired) electrons. The summed E-state index contributed by atoms with van der Waals surface area (Å²) in [6.45, 7) is 5.87. The van der Waals surface area contributed by atoms with E-state index in [1.165, 1.54) is 0 Å². The lowest BCUT2D eigenvalue weighted by Crippen LogP contribution is -2.40. The average molecular weight is 556 g/mol. The number of hydrogen-bond donors (Lipinski definition) is 1. The van der Waals surface area contributed by atoms with Gasteiger partial charge in [0.25, 0.3) is 0 Å². The summed E-state index contributed by atoms with van der Waals surface area (Å²) >= 11 is 0. The topological polar surface area (TPSA) is 81.7 Å². The molecule has 3 rings (SSSR count). The van der Waals surface area contributed by atoms with E-state index in [2.05, 4.69) is 4.72 Å². The molecule has 3 atom stereocenters. The van der Waals surface area contributed by atoms with Crippen molar-refractivity contribution in [1.82, 2.24) is 4.72 Å². The number of nitrogens with one attached hydrogen (secondary N) is 1. The first-order valence-electron chi connectivity index (χ1n) is 12.8. The molecule has 0 aliphatic heterocycles. The van der Waals surface area contributed by atoms with Crippen LogP contribution in [-0.4, -0.2) is 26.9 Å². The Labute approximate surface area is 229 Å². The summed E-state index contributed by atoms with van der Waals surface area (Å²) in [4.78, 5) is 12.6. The zero-order chi connectivity index (χ0) is 27.4. The summed E-state index contributed by atoms with van der Waals surface area (Å²) in [7, 11) is -4.94. The minimum atomic E-state index is -3.43. The van der Waals surface area contributed by atoms with Gasteiger partial charge in [0.1, 0.15) is 6.61 Å². The summed E-state index contributed by atoms with van der Waals surface area (Å²) in [5.41, 5.74) is 2.82. The van der Waals surface area contributed by atoms with Crippen LogP contribution in [0.5, 0.6) is 0 Å². The summed E-state index contributed by atoms with van der Waals surface area (Å²) in [5.74, 6) is -1.18. The van der Waals surface area contributed by atoms with Gasteiger partial charge in [0.2, 0.25) is 7.37 Å². The van der Waals surface area contributed by atoms with Gasteiger partial charge in [-0.25, -0.2) is 8.93 Å². The van der Waals surface area contributed by atoms with Crippen LogP contribution in [0, 0.1) is 0 Å². The van der Waals surface area contributed by atoms with Gasteiger partial charge in [-0.2, -0.15) is 0 Å². The number of benzene rings is 3. The maximum atomic E-state index is 14.5. The summed E-state index contributed by atoms with van der Waals surface area (Å²) in [6, 6.07) is 28.8. The Morgan fingerprint density at radius 3 is 1.87 bits per heavy atom. The van der Waals surface area contributed by atoms with Crippen LogP contribution in [0.25, 0.3) is 0 Å². The second-order valence-corrected chi connectivity index (χ2v) is 14.9. The van der Waals surface area contributed by atoms with E-state index in [1.54, 1.807) is 0 Å². The minimum Gasteiger partial charge on any atom is -0.461 e. The highest BCUT2D eigenvalue weighted by atomic mass is 32.2. The van der Waals surface area contributed by atoms with Crippen LogP contribution in [0.3, 0.4) is 0 Å². The van der Waals surface area contributed by atoms with Crippen molar-refractivity contribution in [3.63, 3.8) is 0 Å². The smallest absolute Gasteiger partial charge is 0.306 e. The second-order valence-electron chi connectivity index (χ2n) is 10.1. The maximum Gasteiger partial charge on any atom is 0.306 e. The molecule has 0 aromatic heterocycles. The fourth-order valence-corrected chi connectivity index (χ4v) is 7.43. The summed E-state index contributed by atoms with van der Waals surface area (Å²) in [6.07, 6.45) is 0.986. The van der Waals surface area contributed by atoms with E-state index in [9.17, 15) is 13.6 Å². The van der Waals surface area contributed by atoms with E-state index in [0.717, 1.165) is 16.7 Å². The third-order valence-corrected chi connectivity index (χ3v) is 10.5. The molecule has 0 fully saturated rings. The Morgan fingerprint density at radius 1 is 0.842 bits per heavy atom. The van der Waals surface area contributed by atoms with Gasteiger partial charge >= 0.3 is 5.97 Å². The molecule has 3 aromatic rings. The Balaban J connectivity index is 1.78. The van der Waals surface area contributed by atoms with Gasteiger partial charge in [-0.1, -0.05) is 91.0 Å². The van der Waals surface area contributed by atoms with Crippen LogP contribution in [0.15, 0.2) is 91.0 Å².